The smallest absolute Gasteiger partial charge is 0.243 e. The number of aromatic nitrogens is 2. The summed E-state index contributed by atoms with van der Waals surface area (Å²) in [6, 6.07) is -0.344. The van der Waals surface area contributed by atoms with Crippen LogP contribution in [0, 0.1) is 5.41 Å². The first kappa shape index (κ1) is 17.8. The highest BCUT2D eigenvalue weighted by Gasteiger charge is 2.35. The number of carbonyl (C=O) groups is 2. The van der Waals surface area contributed by atoms with E-state index in [4.69, 9.17) is 0 Å². The summed E-state index contributed by atoms with van der Waals surface area (Å²) in [4.78, 5) is 26.5. The summed E-state index contributed by atoms with van der Waals surface area (Å²) in [7, 11) is 1.87. The molecule has 1 aliphatic heterocycles. The maximum absolute atomic E-state index is 12.4. The Labute approximate surface area is 142 Å². The zero-order valence-corrected chi connectivity index (χ0v) is 15.2. The minimum atomic E-state index is -0.344. The lowest BCUT2D eigenvalue weighted by Crippen LogP contribution is -2.48. The fourth-order valence-corrected chi connectivity index (χ4v) is 3.69. The molecule has 2 heterocycles. The quantitative estimate of drug-likeness (QED) is 0.882. The van der Waals surface area contributed by atoms with E-state index in [-0.39, 0.29) is 23.3 Å². The molecule has 1 atom stereocenters. The van der Waals surface area contributed by atoms with Gasteiger partial charge in [0.15, 0.2) is 0 Å². The number of amides is 2. The summed E-state index contributed by atoms with van der Waals surface area (Å²) in [6.07, 6.45) is 4.95. The molecule has 23 heavy (non-hydrogen) atoms. The first-order chi connectivity index (χ1) is 10.8. The van der Waals surface area contributed by atoms with Crippen molar-refractivity contribution in [2.24, 2.45) is 12.5 Å². The number of hydrogen-bond donors (Lipinski definition) is 1. The molecule has 0 spiro atoms. The monoisotopic (exact) mass is 338 g/mol. The number of aryl methyl sites for hydroxylation is 1. The van der Waals surface area contributed by atoms with E-state index in [0.717, 1.165) is 12.0 Å². The van der Waals surface area contributed by atoms with Crippen LogP contribution in [0.1, 0.15) is 32.8 Å². The molecule has 1 aliphatic rings. The maximum atomic E-state index is 12.4. The Kier molecular flexibility index (Phi) is 5.73. The van der Waals surface area contributed by atoms with Crippen molar-refractivity contribution in [3.05, 3.63) is 18.0 Å². The van der Waals surface area contributed by atoms with Gasteiger partial charge in [0.1, 0.15) is 6.04 Å². The van der Waals surface area contributed by atoms with Crippen molar-refractivity contribution in [2.75, 3.05) is 18.2 Å². The molecular formula is C16H26N4O2S. The third-order valence-corrected chi connectivity index (χ3v) is 4.67. The van der Waals surface area contributed by atoms with Gasteiger partial charge in [0, 0.05) is 32.0 Å². The lowest BCUT2D eigenvalue weighted by molar-refractivity contribution is -0.139. The molecular weight excluding hydrogens is 312 g/mol. The second-order valence-electron chi connectivity index (χ2n) is 7.18. The van der Waals surface area contributed by atoms with Crippen LogP contribution in [0.3, 0.4) is 0 Å². The van der Waals surface area contributed by atoms with E-state index in [1.54, 1.807) is 27.5 Å². The molecule has 0 aliphatic carbocycles. The zero-order chi connectivity index (χ0) is 17.0. The number of carbonyl (C=O) groups excluding carboxylic acids is 2. The Morgan fingerprint density at radius 1 is 1.43 bits per heavy atom. The highest BCUT2D eigenvalue weighted by Crippen LogP contribution is 2.26. The predicted octanol–water partition coefficient (Wildman–Crippen LogP) is 1.42. The summed E-state index contributed by atoms with van der Waals surface area (Å²) in [5.41, 5.74) is 1.03. The molecule has 0 aromatic carbocycles. The van der Waals surface area contributed by atoms with Gasteiger partial charge in [-0.3, -0.25) is 14.3 Å². The van der Waals surface area contributed by atoms with Gasteiger partial charge in [0.2, 0.25) is 11.8 Å². The number of nitrogens with one attached hydrogen (secondary N) is 1. The molecule has 7 heteroatoms. The van der Waals surface area contributed by atoms with Crippen LogP contribution in [0.25, 0.3) is 0 Å². The van der Waals surface area contributed by atoms with Crippen LogP contribution < -0.4 is 5.32 Å². The van der Waals surface area contributed by atoms with Crippen LogP contribution in [-0.2, 0) is 23.1 Å². The fraction of sp³-hybridized carbons (Fsp3) is 0.688. The van der Waals surface area contributed by atoms with E-state index < -0.39 is 0 Å². The Morgan fingerprint density at radius 3 is 2.78 bits per heavy atom. The molecule has 1 N–H and O–H groups in total. The summed E-state index contributed by atoms with van der Waals surface area (Å²) in [6.45, 7) is 6.68. The summed E-state index contributed by atoms with van der Waals surface area (Å²) >= 11 is 1.64. The van der Waals surface area contributed by atoms with Gasteiger partial charge in [0.05, 0.1) is 12.1 Å². The second-order valence-corrected chi connectivity index (χ2v) is 8.18. The first-order valence-corrected chi connectivity index (χ1v) is 9.04. The Morgan fingerprint density at radius 2 is 2.17 bits per heavy atom. The van der Waals surface area contributed by atoms with E-state index in [1.807, 2.05) is 34.0 Å². The molecule has 0 unspecified atom stereocenters. The van der Waals surface area contributed by atoms with Crippen molar-refractivity contribution in [3.8, 4) is 0 Å². The van der Waals surface area contributed by atoms with Crippen molar-refractivity contribution in [1.29, 1.82) is 0 Å². The average Bonchev–Trinajstić information content (AvgIpc) is 3.05. The molecule has 2 rings (SSSR count). The highest BCUT2D eigenvalue weighted by atomic mass is 32.2. The van der Waals surface area contributed by atoms with Crippen molar-refractivity contribution >= 4 is 23.6 Å². The largest absolute Gasteiger partial charge is 0.354 e. The molecule has 0 saturated carbocycles. The van der Waals surface area contributed by atoms with Crippen molar-refractivity contribution in [2.45, 2.75) is 39.7 Å². The van der Waals surface area contributed by atoms with Gasteiger partial charge in [-0.1, -0.05) is 20.8 Å². The molecule has 2 amide bonds. The summed E-state index contributed by atoms with van der Waals surface area (Å²) in [5, 5.41) is 7.06. The lowest BCUT2D eigenvalue weighted by Gasteiger charge is -2.26. The minimum absolute atomic E-state index is 0.0545. The summed E-state index contributed by atoms with van der Waals surface area (Å²) < 4.78 is 1.75. The van der Waals surface area contributed by atoms with Crippen LogP contribution in [0.5, 0.6) is 0 Å². The number of hydrogen-bond acceptors (Lipinski definition) is 4. The number of rotatable bonds is 5. The molecule has 0 radical (unpaired) electrons. The van der Waals surface area contributed by atoms with Gasteiger partial charge in [-0.15, -0.1) is 11.8 Å². The van der Waals surface area contributed by atoms with E-state index >= 15 is 0 Å². The van der Waals surface area contributed by atoms with Gasteiger partial charge >= 0.3 is 0 Å². The topological polar surface area (TPSA) is 67.2 Å². The van der Waals surface area contributed by atoms with Crippen LogP contribution in [0.15, 0.2) is 12.4 Å². The first-order valence-electron chi connectivity index (χ1n) is 7.89. The Balaban J connectivity index is 1.84. The zero-order valence-electron chi connectivity index (χ0n) is 14.3. The highest BCUT2D eigenvalue weighted by molar-refractivity contribution is 7.99. The molecule has 1 aromatic rings. The van der Waals surface area contributed by atoms with Crippen LogP contribution >= 0.6 is 11.8 Å². The van der Waals surface area contributed by atoms with Gasteiger partial charge in [-0.05, 0) is 17.4 Å². The number of nitrogens with zero attached hydrogens (tertiary/aromatic N) is 3. The minimum Gasteiger partial charge on any atom is -0.354 e. The van der Waals surface area contributed by atoms with Gasteiger partial charge in [-0.25, -0.2) is 0 Å². The van der Waals surface area contributed by atoms with Gasteiger partial charge in [-0.2, -0.15) is 5.10 Å². The van der Waals surface area contributed by atoms with E-state index in [2.05, 4.69) is 10.4 Å². The molecule has 1 aromatic heterocycles. The van der Waals surface area contributed by atoms with Crippen LogP contribution in [0.2, 0.25) is 0 Å². The fourth-order valence-electron chi connectivity index (χ4n) is 2.51. The Bertz CT molecular complexity index is 565. The molecule has 6 nitrogen and oxygen atoms in total. The van der Waals surface area contributed by atoms with Crippen LogP contribution in [0.4, 0.5) is 0 Å². The van der Waals surface area contributed by atoms with Crippen LogP contribution in [-0.4, -0.2) is 50.7 Å². The predicted molar refractivity (Wildman–Crippen MR) is 92.0 cm³/mol. The van der Waals surface area contributed by atoms with E-state index in [0.29, 0.717) is 24.6 Å². The van der Waals surface area contributed by atoms with E-state index in [1.165, 1.54) is 0 Å². The third kappa shape index (κ3) is 5.27. The second kappa shape index (κ2) is 7.38. The molecule has 128 valence electrons. The summed E-state index contributed by atoms with van der Waals surface area (Å²) in [5.74, 6) is 1.29. The SMILES string of the molecule is Cn1cc(CCNC(=O)[C@@H]2CSCN2C(=O)CC(C)(C)C)cn1. The molecule has 1 fully saturated rings. The van der Waals surface area contributed by atoms with Gasteiger partial charge in [0.25, 0.3) is 0 Å². The average molecular weight is 338 g/mol. The molecule has 1 saturated heterocycles. The maximum Gasteiger partial charge on any atom is 0.243 e. The third-order valence-electron chi connectivity index (χ3n) is 3.66. The van der Waals surface area contributed by atoms with Crippen molar-refractivity contribution in [1.82, 2.24) is 20.0 Å². The Hall–Kier alpha value is -1.50. The van der Waals surface area contributed by atoms with Gasteiger partial charge < -0.3 is 10.2 Å². The number of thioether (sulfide) groups is 1. The standard InChI is InChI=1S/C16H26N4O2S/c1-16(2,3)7-14(21)20-11-23-10-13(20)15(22)17-6-5-12-8-18-19(4)9-12/h8-9,13H,5-7,10-11H2,1-4H3,(H,17,22)/t13-/m0/s1. The normalized spacial score (nSPS) is 18.3. The van der Waals surface area contributed by atoms with Crippen molar-refractivity contribution in [3.63, 3.8) is 0 Å². The molecule has 0 bridgehead atoms. The van der Waals surface area contributed by atoms with E-state index in [9.17, 15) is 9.59 Å². The van der Waals surface area contributed by atoms with Crippen molar-refractivity contribution < 1.29 is 9.59 Å². The lowest BCUT2D eigenvalue weighted by atomic mass is 9.91.